The summed E-state index contributed by atoms with van der Waals surface area (Å²) in [6.07, 6.45) is 0. The molecule has 0 spiro atoms. The van der Waals surface area contributed by atoms with Gasteiger partial charge in [0.1, 0.15) is 5.75 Å². The minimum absolute atomic E-state index is 0.811. The molecule has 2 N–H and O–H groups in total. The Morgan fingerprint density at radius 1 is 1.22 bits per heavy atom. The molecule has 0 radical (unpaired) electrons. The van der Waals surface area contributed by atoms with Crippen molar-refractivity contribution in [2.75, 3.05) is 12.8 Å². The molecule has 0 atom stereocenters. The fourth-order valence-corrected chi connectivity index (χ4v) is 3.02. The molecule has 0 aromatic heterocycles. The van der Waals surface area contributed by atoms with Crippen molar-refractivity contribution in [3.05, 3.63) is 52.5 Å². The predicted octanol–water partition coefficient (Wildman–Crippen LogP) is 4.33. The van der Waals surface area contributed by atoms with Gasteiger partial charge in [-0.1, -0.05) is 28.1 Å². The third-order valence-electron chi connectivity index (χ3n) is 2.50. The van der Waals surface area contributed by atoms with Crippen LogP contribution in [-0.2, 0) is 5.75 Å². The molecule has 0 aliphatic heterocycles. The number of methoxy groups -OCH3 is 1. The van der Waals surface area contributed by atoms with Gasteiger partial charge in [0, 0.05) is 20.8 Å². The van der Waals surface area contributed by atoms with E-state index in [2.05, 4.69) is 22.0 Å². The average Bonchev–Trinajstić information content (AvgIpc) is 2.40. The molecule has 0 heterocycles. The molecule has 94 valence electrons. The van der Waals surface area contributed by atoms with Crippen LogP contribution in [0.1, 0.15) is 5.56 Å². The molecule has 0 aliphatic carbocycles. The SMILES string of the molecule is COc1cccc(CSc2cc(Br)ccc2N)c1. The van der Waals surface area contributed by atoms with Gasteiger partial charge in [-0.25, -0.2) is 0 Å². The lowest BCUT2D eigenvalue weighted by molar-refractivity contribution is 0.414. The highest BCUT2D eigenvalue weighted by Gasteiger charge is 2.02. The highest BCUT2D eigenvalue weighted by Crippen LogP contribution is 2.31. The van der Waals surface area contributed by atoms with Crippen molar-refractivity contribution in [1.82, 2.24) is 0 Å². The van der Waals surface area contributed by atoms with Crippen LogP contribution in [0.5, 0.6) is 5.75 Å². The first-order valence-corrected chi connectivity index (χ1v) is 7.27. The summed E-state index contributed by atoms with van der Waals surface area (Å²) >= 11 is 5.18. The first kappa shape index (κ1) is 13.3. The molecule has 4 heteroatoms. The monoisotopic (exact) mass is 323 g/mol. The number of thioether (sulfide) groups is 1. The number of nitrogens with two attached hydrogens (primary N) is 1. The number of benzene rings is 2. The maximum absolute atomic E-state index is 5.94. The Morgan fingerprint density at radius 2 is 2.06 bits per heavy atom. The first-order chi connectivity index (χ1) is 8.69. The molecule has 2 nitrogen and oxygen atoms in total. The van der Waals surface area contributed by atoms with Crippen LogP contribution >= 0.6 is 27.7 Å². The number of rotatable bonds is 4. The van der Waals surface area contributed by atoms with Crippen molar-refractivity contribution in [2.24, 2.45) is 0 Å². The minimum atomic E-state index is 0.811. The second kappa shape index (κ2) is 6.16. The normalized spacial score (nSPS) is 10.3. The fourth-order valence-electron chi connectivity index (χ4n) is 1.56. The number of nitrogen functional groups attached to an aromatic ring is 1. The lowest BCUT2D eigenvalue weighted by atomic mass is 10.2. The summed E-state index contributed by atoms with van der Waals surface area (Å²) in [7, 11) is 1.68. The van der Waals surface area contributed by atoms with Crippen LogP contribution in [0.3, 0.4) is 0 Å². The van der Waals surface area contributed by atoms with Crippen LogP contribution in [0.4, 0.5) is 5.69 Å². The van der Waals surface area contributed by atoms with E-state index in [1.807, 2.05) is 36.4 Å². The Hall–Kier alpha value is -1.13. The van der Waals surface area contributed by atoms with Gasteiger partial charge in [0.2, 0.25) is 0 Å². The number of halogens is 1. The van der Waals surface area contributed by atoms with Crippen LogP contribution in [0.2, 0.25) is 0 Å². The Morgan fingerprint density at radius 3 is 2.83 bits per heavy atom. The highest BCUT2D eigenvalue weighted by atomic mass is 79.9. The van der Waals surface area contributed by atoms with Crippen LogP contribution in [0.15, 0.2) is 51.8 Å². The quantitative estimate of drug-likeness (QED) is 0.671. The fraction of sp³-hybridized carbons (Fsp3) is 0.143. The van der Waals surface area contributed by atoms with Gasteiger partial charge < -0.3 is 10.5 Å². The Bertz CT molecular complexity index is 545. The zero-order chi connectivity index (χ0) is 13.0. The molecule has 2 aromatic carbocycles. The molecule has 0 fully saturated rings. The second-order valence-corrected chi connectivity index (χ2v) is 5.76. The van der Waals surface area contributed by atoms with Gasteiger partial charge in [-0.15, -0.1) is 11.8 Å². The molecular weight excluding hydrogens is 310 g/mol. The van der Waals surface area contributed by atoms with Gasteiger partial charge >= 0.3 is 0 Å². The summed E-state index contributed by atoms with van der Waals surface area (Å²) in [6.45, 7) is 0. The maximum atomic E-state index is 5.94. The van der Waals surface area contributed by atoms with Crippen molar-refractivity contribution in [2.45, 2.75) is 10.6 Å². The summed E-state index contributed by atoms with van der Waals surface area (Å²) < 4.78 is 6.25. The second-order valence-electron chi connectivity index (χ2n) is 3.82. The van der Waals surface area contributed by atoms with Crippen molar-refractivity contribution in [3.8, 4) is 5.75 Å². The molecule has 0 amide bonds. The minimum Gasteiger partial charge on any atom is -0.497 e. The number of hydrogen-bond donors (Lipinski definition) is 1. The Labute approximate surface area is 120 Å². The van der Waals surface area contributed by atoms with Gasteiger partial charge in [0.15, 0.2) is 0 Å². The Balaban J connectivity index is 2.08. The molecule has 2 rings (SSSR count). The smallest absolute Gasteiger partial charge is 0.119 e. The van der Waals surface area contributed by atoms with Gasteiger partial charge in [0.05, 0.1) is 7.11 Å². The molecular formula is C14H14BrNOS. The zero-order valence-corrected chi connectivity index (χ0v) is 12.4. The van der Waals surface area contributed by atoms with Crippen molar-refractivity contribution in [1.29, 1.82) is 0 Å². The third-order valence-corrected chi connectivity index (χ3v) is 4.14. The van der Waals surface area contributed by atoms with Crippen molar-refractivity contribution in [3.63, 3.8) is 0 Å². The van der Waals surface area contributed by atoms with Gasteiger partial charge in [-0.2, -0.15) is 0 Å². The van der Waals surface area contributed by atoms with Crippen LogP contribution in [0, 0.1) is 0 Å². The van der Waals surface area contributed by atoms with E-state index in [4.69, 9.17) is 10.5 Å². The topological polar surface area (TPSA) is 35.2 Å². The van der Waals surface area contributed by atoms with Gasteiger partial charge in [0.25, 0.3) is 0 Å². The highest BCUT2D eigenvalue weighted by molar-refractivity contribution is 9.10. The van der Waals surface area contributed by atoms with E-state index >= 15 is 0 Å². The van der Waals surface area contributed by atoms with E-state index in [9.17, 15) is 0 Å². The summed E-state index contributed by atoms with van der Waals surface area (Å²) in [5.74, 6) is 1.76. The Kier molecular flexibility index (Phi) is 4.55. The molecule has 0 aliphatic rings. The summed E-state index contributed by atoms with van der Waals surface area (Å²) in [4.78, 5) is 1.09. The van der Waals surface area contributed by atoms with Crippen LogP contribution in [-0.4, -0.2) is 7.11 Å². The number of anilines is 1. The van der Waals surface area contributed by atoms with Crippen molar-refractivity contribution < 1.29 is 4.74 Å². The molecule has 2 aromatic rings. The maximum Gasteiger partial charge on any atom is 0.119 e. The summed E-state index contributed by atoms with van der Waals surface area (Å²) in [5, 5.41) is 0. The lowest BCUT2D eigenvalue weighted by Crippen LogP contribution is -1.89. The van der Waals surface area contributed by atoms with Crippen LogP contribution < -0.4 is 10.5 Å². The molecule has 18 heavy (non-hydrogen) atoms. The third kappa shape index (κ3) is 3.43. The molecule has 0 bridgehead atoms. The lowest BCUT2D eigenvalue weighted by Gasteiger charge is -2.07. The summed E-state index contributed by atoms with van der Waals surface area (Å²) in [5.41, 5.74) is 7.98. The summed E-state index contributed by atoms with van der Waals surface area (Å²) in [6, 6.07) is 14.0. The molecule has 0 saturated carbocycles. The van der Waals surface area contributed by atoms with E-state index in [0.717, 1.165) is 26.6 Å². The number of ether oxygens (including phenoxy) is 1. The van der Waals surface area contributed by atoms with E-state index in [-0.39, 0.29) is 0 Å². The standard InChI is InChI=1S/C14H14BrNOS/c1-17-12-4-2-3-10(7-12)9-18-14-8-11(15)5-6-13(14)16/h2-8H,9,16H2,1H3. The van der Waals surface area contributed by atoms with Gasteiger partial charge in [-0.05, 0) is 35.9 Å². The van der Waals surface area contributed by atoms with Gasteiger partial charge in [-0.3, -0.25) is 0 Å². The predicted molar refractivity (Wildman–Crippen MR) is 81.1 cm³/mol. The largest absolute Gasteiger partial charge is 0.497 e. The molecule has 0 unspecified atom stereocenters. The zero-order valence-electron chi connectivity index (χ0n) is 10.0. The van der Waals surface area contributed by atoms with Crippen molar-refractivity contribution >= 4 is 33.4 Å². The van der Waals surface area contributed by atoms with E-state index in [1.54, 1.807) is 18.9 Å². The average molecular weight is 324 g/mol. The first-order valence-electron chi connectivity index (χ1n) is 5.50. The molecule has 0 saturated heterocycles. The van der Waals surface area contributed by atoms with Crippen LogP contribution in [0.25, 0.3) is 0 Å². The van der Waals surface area contributed by atoms with E-state index in [1.165, 1.54) is 5.56 Å². The van der Waals surface area contributed by atoms with E-state index < -0.39 is 0 Å². The van der Waals surface area contributed by atoms with E-state index in [0.29, 0.717) is 0 Å². The number of hydrogen-bond acceptors (Lipinski definition) is 3.